The molecule has 0 aliphatic heterocycles. The molecule has 126 valence electrons. The number of nitrogens with one attached hydrogen (secondary N) is 3. The molecule has 0 aromatic carbocycles. The Bertz CT molecular complexity index is 390. The molecule has 5 nitrogen and oxygen atoms in total. The van der Waals surface area contributed by atoms with Crippen LogP contribution in [0.2, 0.25) is 0 Å². The van der Waals surface area contributed by atoms with Crippen LogP contribution in [-0.4, -0.2) is 37.5 Å². The summed E-state index contributed by atoms with van der Waals surface area (Å²) in [6.45, 7) is 6.91. The highest BCUT2D eigenvalue weighted by molar-refractivity contribution is 5.81. The monoisotopic (exact) mass is 308 g/mol. The van der Waals surface area contributed by atoms with Crippen molar-refractivity contribution in [2.24, 2.45) is 10.9 Å². The van der Waals surface area contributed by atoms with E-state index in [1.807, 2.05) is 20.8 Å². The fourth-order valence-corrected chi connectivity index (χ4v) is 2.79. The predicted octanol–water partition coefficient (Wildman–Crippen LogP) is 2.20. The van der Waals surface area contributed by atoms with E-state index in [0.29, 0.717) is 6.04 Å². The number of carbonyl (C=O) groups is 1. The van der Waals surface area contributed by atoms with E-state index in [1.165, 1.54) is 0 Å². The van der Waals surface area contributed by atoms with Crippen LogP contribution in [0.15, 0.2) is 17.1 Å². The van der Waals surface area contributed by atoms with Crippen LogP contribution in [0.25, 0.3) is 0 Å². The van der Waals surface area contributed by atoms with Crippen molar-refractivity contribution in [3.8, 4) is 0 Å². The third kappa shape index (κ3) is 6.96. The van der Waals surface area contributed by atoms with Crippen molar-refractivity contribution in [1.82, 2.24) is 16.0 Å². The molecule has 0 spiro atoms. The van der Waals surface area contributed by atoms with Gasteiger partial charge in [-0.05, 0) is 46.5 Å². The SMILES string of the molecule is C/C=C/CCNC(=NC)NC1CCCC(C(=O)NC(C)C)C1. The molecule has 1 aliphatic rings. The average Bonchev–Trinajstić information content (AvgIpc) is 2.50. The highest BCUT2D eigenvalue weighted by atomic mass is 16.1. The molecular formula is C17H32N4O. The number of aliphatic imine (C=N–C) groups is 1. The predicted molar refractivity (Wildman–Crippen MR) is 93.0 cm³/mol. The lowest BCUT2D eigenvalue weighted by Crippen LogP contribution is -2.47. The maximum absolute atomic E-state index is 12.2. The van der Waals surface area contributed by atoms with Gasteiger partial charge >= 0.3 is 0 Å². The second kappa shape index (κ2) is 10.2. The largest absolute Gasteiger partial charge is 0.356 e. The van der Waals surface area contributed by atoms with E-state index in [9.17, 15) is 4.79 Å². The highest BCUT2D eigenvalue weighted by Gasteiger charge is 2.27. The van der Waals surface area contributed by atoms with Crippen LogP contribution in [0, 0.1) is 5.92 Å². The molecule has 0 saturated heterocycles. The van der Waals surface area contributed by atoms with Gasteiger partial charge in [0, 0.05) is 31.6 Å². The zero-order chi connectivity index (χ0) is 16.4. The van der Waals surface area contributed by atoms with Crippen LogP contribution in [0.4, 0.5) is 0 Å². The van der Waals surface area contributed by atoms with Crippen molar-refractivity contribution in [1.29, 1.82) is 0 Å². The Morgan fingerprint density at radius 3 is 2.77 bits per heavy atom. The first-order valence-electron chi connectivity index (χ1n) is 8.45. The fraction of sp³-hybridized carbons (Fsp3) is 0.765. The molecule has 2 atom stereocenters. The minimum Gasteiger partial charge on any atom is -0.356 e. The van der Waals surface area contributed by atoms with Gasteiger partial charge in [-0.3, -0.25) is 9.79 Å². The third-order valence-corrected chi connectivity index (χ3v) is 3.88. The van der Waals surface area contributed by atoms with E-state index >= 15 is 0 Å². The van der Waals surface area contributed by atoms with Crippen LogP contribution in [0.3, 0.4) is 0 Å². The van der Waals surface area contributed by atoms with E-state index < -0.39 is 0 Å². The van der Waals surface area contributed by atoms with Crippen molar-refractivity contribution in [3.05, 3.63) is 12.2 Å². The number of nitrogens with zero attached hydrogens (tertiary/aromatic N) is 1. The van der Waals surface area contributed by atoms with Crippen LogP contribution in [-0.2, 0) is 4.79 Å². The van der Waals surface area contributed by atoms with Crippen molar-refractivity contribution < 1.29 is 4.79 Å². The van der Waals surface area contributed by atoms with Gasteiger partial charge in [0.2, 0.25) is 5.91 Å². The first-order chi connectivity index (χ1) is 10.6. The van der Waals surface area contributed by atoms with E-state index in [2.05, 4.69) is 33.1 Å². The highest BCUT2D eigenvalue weighted by Crippen LogP contribution is 2.24. The number of guanidine groups is 1. The van der Waals surface area contributed by atoms with Gasteiger partial charge in [-0.25, -0.2) is 0 Å². The van der Waals surface area contributed by atoms with E-state index in [4.69, 9.17) is 0 Å². The van der Waals surface area contributed by atoms with Crippen molar-refractivity contribution >= 4 is 11.9 Å². The third-order valence-electron chi connectivity index (χ3n) is 3.88. The Morgan fingerprint density at radius 1 is 1.36 bits per heavy atom. The number of hydrogen-bond donors (Lipinski definition) is 3. The van der Waals surface area contributed by atoms with Crippen molar-refractivity contribution in [3.63, 3.8) is 0 Å². The molecule has 5 heteroatoms. The van der Waals surface area contributed by atoms with Gasteiger partial charge < -0.3 is 16.0 Å². The summed E-state index contributed by atoms with van der Waals surface area (Å²) in [6.07, 6.45) is 9.23. The normalized spacial score (nSPS) is 22.9. The Morgan fingerprint density at radius 2 is 2.14 bits per heavy atom. The minimum absolute atomic E-state index is 0.120. The molecule has 0 aromatic rings. The maximum atomic E-state index is 12.2. The molecule has 1 rings (SSSR count). The summed E-state index contributed by atoms with van der Waals surface area (Å²) in [7, 11) is 1.79. The lowest BCUT2D eigenvalue weighted by molar-refractivity contribution is -0.126. The molecule has 0 radical (unpaired) electrons. The summed E-state index contributed by atoms with van der Waals surface area (Å²) < 4.78 is 0. The van der Waals surface area contributed by atoms with Crippen LogP contribution in [0.1, 0.15) is 52.9 Å². The molecule has 1 aliphatic carbocycles. The average molecular weight is 308 g/mol. The number of amides is 1. The maximum Gasteiger partial charge on any atom is 0.223 e. The first-order valence-corrected chi connectivity index (χ1v) is 8.45. The van der Waals surface area contributed by atoms with Crippen LogP contribution in [0.5, 0.6) is 0 Å². The quantitative estimate of drug-likeness (QED) is 0.305. The van der Waals surface area contributed by atoms with E-state index in [1.54, 1.807) is 7.05 Å². The molecule has 1 fully saturated rings. The smallest absolute Gasteiger partial charge is 0.223 e. The lowest BCUT2D eigenvalue weighted by Gasteiger charge is -2.30. The molecular weight excluding hydrogens is 276 g/mol. The Balaban J connectivity index is 2.42. The molecule has 1 amide bonds. The zero-order valence-corrected chi connectivity index (χ0v) is 14.5. The Labute approximate surface area is 135 Å². The number of allylic oxidation sites excluding steroid dienone is 1. The Hall–Kier alpha value is -1.52. The summed E-state index contributed by atoms with van der Waals surface area (Å²) in [5.41, 5.74) is 0. The van der Waals surface area contributed by atoms with Gasteiger partial charge in [0.05, 0.1) is 0 Å². The molecule has 3 N–H and O–H groups in total. The van der Waals surface area contributed by atoms with Crippen LogP contribution < -0.4 is 16.0 Å². The second-order valence-corrected chi connectivity index (χ2v) is 6.22. The number of hydrogen-bond acceptors (Lipinski definition) is 2. The van der Waals surface area contributed by atoms with Gasteiger partial charge in [0.1, 0.15) is 0 Å². The molecule has 22 heavy (non-hydrogen) atoms. The van der Waals surface area contributed by atoms with Gasteiger partial charge in [0.15, 0.2) is 5.96 Å². The molecule has 0 heterocycles. The molecule has 1 saturated carbocycles. The summed E-state index contributed by atoms with van der Waals surface area (Å²) >= 11 is 0. The summed E-state index contributed by atoms with van der Waals surface area (Å²) in [5.74, 6) is 1.15. The van der Waals surface area contributed by atoms with E-state index in [0.717, 1.165) is 44.6 Å². The van der Waals surface area contributed by atoms with Gasteiger partial charge in [-0.2, -0.15) is 0 Å². The lowest BCUT2D eigenvalue weighted by atomic mass is 9.85. The van der Waals surface area contributed by atoms with Gasteiger partial charge in [-0.1, -0.05) is 18.6 Å². The Kier molecular flexibility index (Phi) is 8.63. The molecule has 0 bridgehead atoms. The number of carbonyl (C=O) groups excluding carboxylic acids is 1. The number of rotatable bonds is 6. The van der Waals surface area contributed by atoms with Gasteiger partial charge in [0.25, 0.3) is 0 Å². The topological polar surface area (TPSA) is 65.5 Å². The summed E-state index contributed by atoms with van der Waals surface area (Å²) in [4.78, 5) is 16.4. The zero-order valence-electron chi connectivity index (χ0n) is 14.5. The minimum atomic E-state index is 0.120. The summed E-state index contributed by atoms with van der Waals surface area (Å²) in [6, 6.07) is 0.534. The first kappa shape index (κ1) is 18.5. The van der Waals surface area contributed by atoms with E-state index in [-0.39, 0.29) is 17.9 Å². The molecule has 2 unspecified atom stereocenters. The summed E-state index contributed by atoms with van der Waals surface area (Å²) in [5, 5.41) is 9.80. The standard InChI is InChI=1S/C17H32N4O/c1-5-6-7-11-19-17(18-4)21-15-10-8-9-14(12-15)16(22)20-13(2)3/h5-6,13-15H,7-12H2,1-4H3,(H,20,22)(H2,18,19,21)/b6-5+. The van der Waals surface area contributed by atoms with Crippen LogP contribution >= 0.6 is 0 Å². The molecule has 0 aromatic heterocycles. The second-order valence-electron chi connectivity index (χ2n) is 6.22. The van der Waals surface area contributed by atoms with Gasteiger partial charge in [-0.15, -0.1) is 0 Å². The van der Waals surface area contributed by atoms with Crippen molar-refractivity contribution in [2.45, 2.75) is 65.0 Å². The van der Waals surface area contributed by atoms with Crippen molar-refractivity contribution in [2.75, 3.05) is 13.6 Å². The fourth-order valence-electron chi connectivity index (χ4n) is 2.79.